The maximum absolute atomic E-state index is 14.5. The standard InChI is InChI=1S/C19H13F2N5/c20-10-5-6-14(21)13(9-10)16-12-7-8-26-18(12)17(24-19(22)25-26)11-3-1-2-4-15(11)23-16/h1-9,16,23H,(H2,22,25). The van der Waals surface area contributed by atoms with Gasteiger partial charge in [0, 0.05) is 28.6 Å². The first-order valence-corrected chi connectivity index (χ1v) is 8.07. The number of nitrogens with one attached hydrogen (secondary N) is 1. The molecule has 0 aliphatic carbocycles. The van der Waals surface area contributed by atoms with Crippen molar-refractivity contribution in [2.24, 2.45) is 0 Å². The van der Waals surface area contributed by atoms with Crippen LogP contribution in [0.15, 0.2) is 54.7 Å². The highest BCUT2D eigenvalue weighted by molar-refractivity contribution is 5.90. The lowest BCUT2D eigenvalue weighted by Gasteiger charge is -2.20. The Labute approximate surface area is 147 Å². The van der Waals surface area contributed by atoms with E-state index in [0.29, 0.717) is 11.2 Å². The number of hydrogen-bond acceptors (Lipinski definition) is 4. The van der Waals surface area contributed by atoms with Crippen LogP contribution in [-0.2, 0) is 0 Å². The smallest absolute Gasteiger partial charge is 0.238 e. The predicted octanol–water partition coefficient (Wildman–Crippen LogP) is 3.77. The molecule has 0 bridgehead atoms. The zero-order chi connectivity index (χ0) is 17.8. The Hall–Kier alpha value is -3.48. The third-order valence-corrected chi connectivity index (χ3v) is 4.62. The van der Waals surface area contributed by atoms with Gasteiger partial charge in [-0.25, -0.2) is 18.3 Å². The Morgan fingerprint density at radius 1 is 1.04 bits per heavy atom. The summed E-state index contributed by atoms with van der Waals surface area (Å²) in [5, 5.41) is 7.54. The van der Waals surface area contributed by atoms with Crippen LogP contribution in [0.25, 0.3) is 16.8 Å². The highest BCUT2D eigenvalue weighted by Crippen LogP contribution is 2.42. The Morgan fingerprint density at radius 3 is 2.77 bits per heavy atom. The summed E-state index contributed by atoms with van der Waals surface area (Å²) in [6.45, 7) is 0. The van der Waals surface area contributed by atoms with Gasteiger partial charge in [-0.15, -0.1) is 5.10 Å². The first-order valence-electron chi connectivity index (χ1n) is 8.07. The lowest BCUT2D eigenvalue weighted by molar-refractivity contribution is 0.581. The average molecular weight is 349 g/mol. The third-order valence-electron chi connectivity index (χ3n) is 4.62. The topological polar surface area (TPSA) is 68.2 Å². The van der Waals surface area contributed by atoms with Crippen LogP contribution in [0, 0.1) is 11.6 Å². The Balaban J connectivity index is 1.87. The molecule has 7 heteroatoms. The van der Waals surface area contributed by atoms with E-state index in [4.69, 9.17) is 5.73 Å². The molecule has 128 valence electrons. The molecule has 2 aromatic heterocycles. The van der Waals surface area contributed by atoms with E-state index in [1.54, 1.807) is 10.7 Å². The van der Waals surface area contributed by atoms with Crippen molar-refractivity contribution in [3.05, 3.63) is 77.5 Å². The summed E-state index contributed by atoms with van der Waals surface area (Å²) in [5.74, 6) is -0.842. The molecule has 3 N–H and O–H groups in total. The van der Waals surface area contributed by atoms with Crippen molar-refractivity contribution < 1.29 is 8.78 Å². The summed E-state index contributed by atoms with van der Waals surface area (Å²) in [5.41, 5.74) is 9.78. The molecule has 0 saturated heterocycles. The molecule has 2 aromatic carbocycles. The highest BCUT2D eigenvalue weighted by atomic mass is 19.1. The number of rotatable bonds is 1. The minimum absolute atomic E-state index is 0.139. The first-order chi connectivity index (χ1) is 12.6. The fourth-order valence-electron chi connectivity index (χ4n) is 3.52. The third kappa shape index (κ3) is 2.07. The molecule has 5 nitrogen and oxygen atoms in total. The lowest BCUT2D eigenvalue weighted by atomic mass is 9.99. The van der Waals surface area contributed by atoms with Crippen molar-refractivity contribution in [2.75, 3.05) is 11.1 Å². The van der Waals surface area contributed by atoms with Gasteiger partial charge in [0.2, 0.25) is 5.95 Å². The fourth-order valence-corrected chi connectivity index (χ4v) is 3.52. The number of halogens is 2. The number of aromatic nitrogens is 3. The second-order valence-electron chi connectivity index (χ2n) is 6.17. The maximum Gasteiger partial charge on any atom is 0.238 e. The summed E-state index contributed by atoms with van der Waals surface area (Å²) in [4.78, 5) is 4.41. The van der Waals surface area contributed by atoms with Crippen LogP contribution in [0.1, 0.15) is 17.2 Å². The monoisotopic (exact) mass is 349 g/mol. The molecule has 0 spiro atoms. The number of nitrogens with zero attached hydrogens (tertiary/aromatic N) is 3. The average Bonchev–Trinajstić information content (AvgIpc) is 2.99. The molecule has 0 saturated carbocycles. The fraction of sp³-hybridized carbons (Fsp3) is 0.0526. The Bertz CT molecular complexity index is 1170. The van der Waals surface area contributed by atoms with Crippen LogP contribution in [0.3, 0.4) is 0 Å². The zero-order valence-corrected chi connectivity index (χ0v) is 13.4. The van der Waals surface area contributed by atoms with Gasteiger partial charge in [-0.3, -0.25) is 0 Å². The molecule has 3 heterocycles. The predicted molar refractivity (Wildman–Crippen MR) is 94.7 cm³/mol. The second kappa shape index (κ2) is 5.26. The molecule has 1 unspecified atom stereocenters. The molecule has 1 aliphatic heterocycles. The van der Waals surface area contributed by atoms with Gasteiger partial charge < -0.3 is 11.1 Å². The second-order valence-corrected chi connectivity index (χ2v) is 6.17. The number of para-hydroxylation sites is 1. The molecule has 26 heavy (non-hydrogen) atoms. The van der Waals surface area contributed by atoms with Crippen LogP contribution in [0.4, 0.5) is 20.4 Å². The zero-order valence-electron chi connectivity index (χ0n) is 13.4. The SMILES string of the molecule is Nc1nc2c3c(ccn3n1)C(c1cc(F)ccc1F)Nc1ccccc1-2. The first kappa shape index (κ1) is 14.8. The van der Waals surface area contributed by atoms with Gasteiger partial charge in [0.15, 0.2) is 0 Å². The summed E-state index contributed by atoms with van der Waals surface area (Å²) >= 11 is 0. The molecule has 5 rings (SSSR count). The van der Waals surface area contributed by atoms with Crippen LogP contribution in [0.2, 0.25) is 0 Å². The number of nitrogens with two attached hydrogens (primary N) is 1. The maximum atomic E-state index is 14.5. The van der Waals surface area contributed by atoms with Crippen LogP contribution >= 0.6 is 0 Å². The van der Waals surface area contributed by atoms with Crippen LogP contribution in [-0.4, -0.2) is 14.6 Å². The minimum atomic E-state index is -0.592. The van der Waals surface area contributed by atoms with Gasteiger partial charge in [0.1, 0.15) is 17.3 Å². The number of fused-ring (bicyclic) bond motifs is 2. The number of anilines is 2. The molecular weight excluding hydrogens is 336 g/mol. The summed E-state index contributed by atoms with van der Waals surface area (Å²) in [6, 6.07) is 12.2. The molecule has 1 atom stereocenters. The molecule has 0 radical (unpaired) electrons. The summed E-state index contributed by atoms with van der Waals surface area (Å²) in [6.07, 6.45) is 1.74. The normalized spacial score (nSPS) is 15.4. The van der Waals surface area contributed by atoms with E-state index in [-0.39, 0.29) is 11.5 Å². The van der Waals surface area contributed by atoms with E-state index in [1.165, 1.54) is 6.07 Å². The van der Waals surface area contributed by atoms with Gasteiger partial charge in [-0.2, -0.15) is 0 Å². The Morgan fingerprint density at radius 2 is 1.88 bits per heavy atom. The molecule has 0 amide bonds. The summed E-state index contributed by atoms with van der Waals surface area (Å²) in [7, 11) is 0. The van der Waals surface area contributed by atoms with Gasteiger partial charge in [0.25, 0.3) is 0 Å². The summed E-state index contributed by atoms with van der Waals surface area (Å²) < 4.78 is 30.0. The van der Waals surface area contributed by atoms with Crippen molar-refractivity contribution in [3.8, 4) is 11.3 Å². The lowest BCUT2D eigenvalue weighted by Crippen LogP contribution is -2.13. The molecule has 4 aromatic rings. The number of nitrogen functional groups attached to an aromatic ring is 1. The Kier molecular flexibility index (Phi) is 3.00. The van der Waals surface area contributed by atoms with Crippen molar-refractivity contribution >= 4 is 17.2 Å². The number of benzene rings is 2. The van der Waals surface area contributed by atoms with Crippen molar-refractivity contribution in [1.29, 1.82) is 0 Å². The van der Waals surface area contributed by atoms with Gasteiger partial charge in [-0.1, -0.05) is 18.2 Å². The van der Waals surface area contributed by atoms with E-state index in [1.807, 2.05) is 30.3 Å². The van der Waals surface area contributed by atoms with E-state index in [2.05, 4.69) is 15.4 Å². The van der Waals surface area contributed by atoms with Crippen molar-refractivity contribution in [2.45, 2.75) is 6.04 Å². The van der Waals surface area contributed by atoms with Crippen molar-refractivity contribution in [1.82, 2.24) is 14.6 Å². The molecule has 0 fully saturated rings. The largest absolute Gasteiger partial charge is 0.373 e. The van der Waals surface area contributed by atoms with Gasteiger partial charge in [0.05, 0.1) is 11.6 Å². The van der Waals surface area contributed by atoms with E-state index < -0.39 is 17.7 Å². The van der Waals surface area contributed by atoms with Crippen LogP contribution in [0.5, 0.6) is 0 Å². The molecule has 1 aliphatic rings. The van der Waals surface area contributed by atoms with Crippen molar-refractivity contribution in [3.63, 3.8) is 0 Å². The molecular formula is C19H13F2N5. The van der Waals surface area contributed by atoms with E-state index in [0.717, 1.165) is 28.9 Å². The van der Waals surface area contributed by atoms with E-state index >= 15 is 0 Å². The highest BCUT2D eigenvalue weighted by Gasteiger charge is 2.28. The quantitative estimate of drug-likeness (QED) is 0.549. The minimum Gasteiger partial charge on any atom is -0.373 e. The van der Waals surface area contributed by atoms with Crippen LogP contribution < -0.4 is 11.1 Å². The van der Waals surface area contributed by atoms with E-state index in [9.17, 15) is 8.78 Å². The van der Waals surface area contributed by atoms with Gasteiger partial charge in [-0.05, 0) is 30.3 Å². The van der Waals surface area contributed by atoms with Gasteiger partial charge >= 0.3 is 0 Å². The number of hydrogen-bond donors (Lipinski definition) is 2.